The molecule has 3 aromatic rings. The predicted molar refractivity (Wildman–Crippen MR) is 101 cm³/mol. The Balaban J connectivity index is 2.32. The summed E-state index contributed by atoms with van der Waals surface area (Å²) in [5.74, 6) is 6.03. The molecule has 2 aromatic carbocycles. The van der Waals surface area contributed by atoms with Crippen molar-refractivity contribution in [3.63, 3.8) is 0 Å². The van der Waals surface area contributed by atoms with Crippen LogP contribution >= 0.6 is 11.6 Å². The SMILES string of the molecule is C/C(=C(\ON)c1c(C)cccc1-n1nnn(C)c1=O)c1ccccc1Cl. The van der Waals surface area contributed by atoms with Crippen molar-refractivity contribution >= 4 is 22.9 Å². The molecule has 3 rings (SSSR count). The molecule has 0 bridgehead atoms. The van der Waals surface area contributed by atoms with E-state index in [1.807, 2.05) is 44.2 Å². The van der Waals surface area contributed by atoms with Crippen molar-refractivity contribution in [1.82, 2.24) is 19.8 Å². The highest BCUT2D eigenvalue weighted by atomic mass is 35.5. The molecule has 1 heterocycles. The van der Waals surface area contributed by atoms with Gasteiger partial charge in [0.15, 0.2) is 5.76 Å². The standard InChI is InChI=1S/C18H18ClN5O2/c1-11-7-6-10-15(24-18(25)23(3)21-22-24)16(11)17(26-20)12(2)13-8-4-5-9-14(13)19/h4-10H,20H2,1-3H3/b17-12+. The number of benzene rings is 2. The van der Waals surface area contributed by atoms with Crippen LogP contribution in [0.5, 0.6) is 0 Å². The summed E-state index contributed by atoms with van der Waals surface area (Å²) < 4.78 is 2.36. The number of rotatable bonds is 4. The van der Waals surface area contributed by atoms with Gasteiger partial charge in [0, 0.05) is 23.2 Å². The van der Waals surface area contributed by atoms with Crippen LogP contribution in [0, 0.1) is 6.92 Å². The fourth-order valence-electron chi connectivity index (χ4n) is 2.81. The summed E-state index contributed by atoms with van der Waals surface area (Å²) in [6, 6.07) is 12.9. The molecule has 0 fully saturated rings. The van der Waals surface area contributed by atoms with Crippen LogP contribution in [0.3, 0.4) is 0 Å². The number of nitrogens with zero attached hydrogens (tertiary/aromatic N) is 4. The molecule has 0 saturated carbocycles. The minimum Gasteiger partial charge on any atom is -0.410 e. The van der Waals surface area contributed by atoms with Gasteiger partial charge in [0.05, 0.1) is 5.69 Å². The Hall–Kier alpha value is -2.90. The van der Waals surface area contributed by atoms with Gasteiger partial charge in [0.25, 0.3) is 0 Å². The average molecular weight is 372 g/mol. The second-order valence-corrected chi connectivity index (χ2v) is 6.22. The largest absolute Gasteiger partial charge is 0.410 e. The molecule has 8 heteroatoms. The first kappa shape index (κ1) is 17.9. The molecule has 1 aromatic heterocycles. The number of allylic oxidation sites excluding steroid dienone is 1. The molecule has 0 aliphatic rings. The van der Waals surface area contributed by atoms with E-state index in [1.165, 1.54) is 11.7 Å². The Morgan fingerprint density at radius 3 is 2.50 bits per heavy atom. The van der Waals surface area contributed by atoms with Crippen molar-refractivity contribution in [2.45, 2.75) is 13.8 Å². The highest BCUT2D eigenvalue weighted by Crippen LogP contribution is 2.34. The summed E-state index contributed by atoms with van der Waals surface area (Å²) in [7, 11) is 1.53. The smallest absolute Gasteiger partial charge is 0.368 e. The molecule has 0 radical (unpaired) electrons. The van der Waals surface area contributed by atoms with E-state index < -0.39 is 0 Å². The van der Waals surface area contributed by atoms with E-state index >= 15 is 0 Å². The predicted octanol–water partition coefficient (Wildman–Crippen LogP) is 2.71. The Bertz CT molecular complexity index is 1050. The van der Waals surface area contributed by atoms with E-state index in [1.54, 1.807) is 12.1 Å². The highest BCUT2D eigenvalue weighted by Gasteiger charge is 2.20. The minimum absolute atomic E-state index is 0.372. The highest BCUT2D eigenvalue weighted by molar-refractivity contribution is 6.32. The van der Waals surface area contributed by atoms with Gasteiger partial charge in [0.2, 0.25) is 0 Å². The molecule has 0 aliphatic heterocycles. The Labute approximate surface area is 155 Å². The number of aryl methyl sites for hydroxylation is 2. The first-order valence-electron chi connectivity index (χ1n) is 7.87. The maximum atomic E-state index is 12.3. The zero-order chi connectivity index (χ0) is 18.8. The first-order chi connectivity index (χ1) is 12.5. The van der Waals surface area contributed by atoms with Crippen molar-refractivity contribution < 1.29 is 4.84 Å². The normalized spacial score (nSPS) is 12.0. The second-order valence-electron chi connectivity index (χ2n) is 5.82. The Kier molecular flexibility index (Phi) is 4.92. The summed E-state index contributed by atoms with van der Waals surface area (Å²) in [5.41, 5.74) is 3.20. The maximum Gasteiger partial charge on any atom is 0.368 e. The average Bonchev–Trinajstić information content (AvgIpc) is 2.96. The number of tetrazole rings is 1. The van der Waals surface area contributed by atoms with E-state index in [9.17, 15) is 4.79 Å². The van der Waals surface area contributed by atoms with Crippen molar-refractivity contribution in [3.8, 4) is 5.69 Å². The van der Waals surface area contributed by atoms with E-state index in [4.69, 9.17) is 22.3 Å². The van der Waals surface area contributed by atoms with Crippen molar-refractivity contribution in [3.05, 3.63) is 74.7 Å². The van der Waals surface area contributed by atoms with Crippen LogP contribution in [-0.2, 0) is 11.9 Å². The molecule has 0 amide bonds. The summed E-state index contributed by atoms with van der Waals surface area (Å²) in [6.07, 6.45) is 0. The summed E-state index contributed by atoms with van der Waals surface area (Å²) in [5, 5.41) is 8.27. The van der Waals surface area contributed by atoms with Crippen LogP contribution in [0.25, 0.3) is 17.0 Å². The number of nitrogens with two attached hydrogens (primary N) is 1. The molecule has 2 N–H and O–H groups in total. The number of aromatic nitrogens is 4. The quantitative estimate of drug-likeness (QED) is 0.433. The number of hydrogen-bond donors (Lipinski definition) is 1. The van der Waals surface area contributed by atoms with Crippen molar-refractivity contribution in [2.75, 3.05) is 0 Å². The summed E-state index contributed by atoms with van der Waals surface area (Å²) in [6.45, 7) is 3.76. The van der Waals surface area contributed by atoms with E-state index in [0.717, 1.165) is 21.4 Å². The van der Waals surface area contributed by atoms with Gasteiger partial charge in [-0.1, -0.05) is 41.9 Å². The van der Waals surface area contributed by atoms with Crippen LogP contribution in [-0.4, -0.2) is 19.8 Å². The van der Waals surface area contributed by atoms with Crippen LogP contribution in [0.1, 0.15) is 23.6 Å². The zero-order valence-corrected chi connectivity index (χ0v) is 15.4. The lowest BCUT2D eigenvalue weighted by atomic mass is 9.98. The van der Waals surface area contributed by atoms with Crippen molar-refractivity contribution in [2.24, 2.45) is 12.9 Å². The maximum absolute atomic E-state index is 12.3. The third kappa shape index (κ3) is 3.02. The molecular formula is C18H18ClN5O2. The molecule has 26 heavy (non-hydrogen) atoms. The molecule has 134 valence electrons. The van der Waals surface area contributed by atoms with E-state index in [-0.39, 0.29) is 5.69 Å². The van der Waals surface area contributed by atoms with E-state index in [2.05, 4.69) is 10.4 Å². The molecule has 0 unspecified atom stereocenters. The Morgan fingerprint density at radius 1 is 1.15 bits per heavy atom. The summed E-state index contributed by atoms with van der Waals surface area (Å²) >= 11 is 6.32. The summed E-state index contributed by atoms with van der Waals surface area (Å²) in [4.78, 5) is 17.6. The lowest BCUT2D eigenvalue weighted by Crippen LogP contribution is -2.23. The first-order valence-corrected chi connectivity index (χ1v) is 8.25. The number of hydrogen-bond acceptors (Lipinski definition) is 5. The molecule has 0 spiro atoms. The van der Waals surface area contributed by atoms with Gasteiger partial charge in [-0.3, -0.25) is 0 Å². The fourth-order valence-corrected chi connectivity index (χ4v) is 3.09. The minimum atomic E-state index is -0.372. The molecule has 0 aliphatic carbocycles. The zero-order valence-electron chi connectivity index (χ0n) is 14.6. The van der Waals surface area contributed by atoms with Gasteiger partial charge in [0.1, 0.15) is 0 Å². The van der Waals surface area contributed by atoms with Crippen LogP contribution in [0.15, 0.2) is 47.3 Å². The van der Waals surface area contributed by atoms with E-state index in [0.29, 0.717) is 22.0 Å². The number of halogens is 1. The lowest BCUT2D eigenvalue weighted by Gasteiger charge is -2.17. The molecule has 0 atom stereocenters. The molecule has 0 saturated heterocycles. The molecular weight excluding hydrogens is 354 g/mol. The molecule has 7 nitrogen and oxygen atoms in total. The van der Waals surface area contributed by atoms with Gasteiger partial charge in [-0.2, -0.15) is 15.3 Å². The third-order valence-electron chi connectivity index (χ3n) is 4.16. The topological polar surface area (TPSA) is 88.0 Å². The third-order valence-corrected chi connectivity index (χ3v) is 4.49. The van der Waals surface area contributed by atoms with Crippen LogP contribution in [0.2, 0.25) is 5.02 Å². The van der Waals surface area contributed by atoms with Crippen molar-refractivity contribution in [1.29, 1.82) is 0 Å². The lowest BCUT2D eigenvalue weighted by molar-refractivity contribution is 0.291. The van der Waals surface area contributed by atoms with Crippen LogP contribution in [0.4, 0.5) is 0 Å². The van der Waals surface area contributed by atoms with Crippen LogP contribution < -0.4 is 11.6 Å². The van der Waals surface area contributed by atoms with Gasteiger partial charge >= 0.3 is 5.69 Å². The van der Waals surface area contributed by atoms with Gasteiger partial charge in [-0.25, -0.2) is 4.79 Å². The van der Waals surface area contributed by atoms with Gasteiger partial charge in [-0.15, -0.1) is 0 Å². The van der Waals surface area contributed by atoms with Gasteiger partial charge < -0.3 is 4.84 Å². The van der Waals surface area contributed by atoms with Gasteiger partial charge in [-0.05, 0) is 47.5 Å². The Morgan fingerprint density at radius 2 is 1.88 bits per heavy atom. The monoisotopic (exact) mass is 371 g/mol. The fraction of sp³-hybridized carbons (Fsp3) is 0.167. The second kappa shape index (κ2) is 7.15.